The Morgan fingerprint density at radius 1 is 1.03 bits per heavy atom. The van der Waals surface area contributed by atoms with Gasteiger partial charge in [-0.05, 0) is 79.3 Å². The van der Waals surface area contributed by atoms with E-state index in [2.05, 4.69) is 50.8 Å². The Morgan fingerprint density at radius 3 is 2.57 bits per heavy atom. The van der Waals surface area contributed by atoms with Crippen LogP contribution >= 0.6 is 12.2 Å². The van der Waals surface area contributed by atoms with E-state index in [1.165, 1.54) is 7.11 Å². The van der Waals surface area contributed by atoms with Gasteiger partial charge in [0.05, 0.1) is 30.8 Å². The molecule has 2 aromatic carbocycles. The van der Waals surface area contributed by atoms with Gasteiger partial charge in [-0.15, -0.1) is 0 Å². The molecule has 8 nitrogen and oxygen atoms in total. The summed E-state index contributed by atoms with van der Waals surface area (Å²) in [6, 6.07) is 23.0. The van der Waals surface area contributed by atoms with Crippen LogP contribution in [0.15, 0.2) is 85.2 Å². The van der Waals surface area contributed by atoms with E-state index in [0.717, 1.165) is 28.9 Å². The van der Waals surface area contributed by atoms with Crippen LogP contribution in [0, 0.1) is 6.92 Å². The molecule has 1 saturated heterocycles. The summed E-state index contributed by atoms with van der Waals surface area (Å²) in [5.74, 6) is 0.410. The minimum atomic E-state index is -3.53. The van der Waals surface area contributed by atoms with Gasteiger partial charge < -0.3 is 19.5 Å². The number of methoxy groups -OCH3 is 1. The Morgan fingerprint density at radius 2 is 1.86 bits per heavy atom. The maximum atomic E-state index is 12.1. The van der Waals surface area contributed by atoms with E-state index < -0.39 is 10.0 Å². The second-order valence-electron chi connectivity index (χ2n) is 8.90. The molecular formula is C27H27N5O3S2. The minimum absolute atomic E-state index is 0.249. The van der Waals surface area contributed by atoms with Gasteiger partial charge in [0.15, 0.2) is 5.11 Å². The summed E-state index contributed by atoms with van der Waals surface area (Å²) in [7, 11) is -2.03. The zero-order valence-electron chi connectivity index (χ0n) is 20.6. The number of benzene rings is 2. The molecule has 2 aromatic heterocycles. The first-order chi connectivity index (χ1) is 17.7. The number of thiocarbonyl (C=S) groups is 1. The minimum Gasteiger partial charge on any atom is -0.495 e. The number of hydrogen-bond donors (Lipinski definition) is 2. The first-order valence-electron chi connectivity index (χ1n) is 11.7. The maximum Gasteiger partial charge on any atom is 0.229 e. The van der Waals surface area contributed by atoms with Crippen LogP contribution in [0.1, 0.15) is 29.0 Å². The van der Waals surface area contributed by atoms with Gasteiger partial charge in [-0.2, -0.15) is 0 Å². The van der Waals surface area contributed by atoms with Crippen molar-refractivity contribution < 1.29 is 13.2 Å². The second kappa shape index (κ2) is 9.87. The summed E-state index contributed by atoms with van der Waals surface area (Å²) in [6.45, 7) is 2.07. The molecule has 0 saturated carbocycles. The molecule has 2 N–H and O–H groups in total. The lowest BCUT2D eigenvalue weighted by Crippen LogP contribution is -2.30. The summed E-state index contributed by atoms with van der Waals surface area (Å²) in [5.41, 5.74) is 5.08. The van der Waals surface area contributed by atoms with Gasteiger partial charge in [0.1, 0.15) is 11.8 Å². The van der Waals surface area contributed by atoms with Gasteiger partial charge in [0.25, 0.3) is 0 Å². The number of ether oxygens (including phenoxy) is 1. The van der Waals surface area contributed by atoms with Gasteiger partial charge in [0, 0.05) is 29.5 Å². The van der Waals surface area contributed by atoms with Crippen LogP contribution in [-0.2, 0) is 10.0 Å². The molecule has 0 bridgehead atoms. The van der Waals surface area contributed by atoms with Crippen molar-refractivity contribution in [3.05, 3.63) is 102 Å². The maximum absolute atomic E-state index is 12.1. The molecule has 1 aliphatic rings. The molecule has 5 rings (SSSR count). The number of hydrogen-bond acceptors (Lipinski definition) is 5. The molecule has 0 unspecified atom stereocenters. The van der Waals surface area contributed by atoms with Gasteiger partial charge in [-0.1, -0.05) is 18.2 Å². The summed E-state index contributed by atoms with van der Waals surface area (Å²) < 4.78 is 34.2. The number of pyridine rings is 1. The number of anilines is 2. The molecule has 2 atom stereocenters. The fourth-order valence-corrected chi connectivity index (χ4v) is 5.61. The van der Waals surface area contributed by atoms with Gasteiger partial charge in [-0.25, -0.2) is 8.42 Å². The molecule has 10 heteroatoms. The highest BCUT2D eigenvalue weighted by atomic mass is 32.2. The van der Waals surface area contributed by atoms with Crippen molar-refractivity contribution in [1.82, 2.24) is 14.9 Å². The summed E-state index contributed by atoms with van der Waals surface area (Å²) >= 11 is 5.85. The average molecular weight is 534 g/mol. The summed E-state index contributed by atoms with van der Waals surface area (Å²) in [4.78, 5) is 6.63. The zero-order chi connectivity index (χ0) is 26.2. The molecule has 190 valence electrons. The molecule has 37 heavy (non-hydrogen) atoms. The number of nitrogens with one attached hydrogen (secondary N) is 2. The molecule has 1 aliphatic heterocycles. The van der Waals surface area contributed by atoms with E-state index >= 15 is 0 Å². The normalized spacial score (nSPS) is 17.5. The van der Waals surface area contributed by atoms with Crippen LogP contribution in [0.3, 0.4) is 0 Å². The Balaban J connectivity index is 1.67. The molecule has 3 heterocycles. The Labute approximate surface area is 222 Å². The van der Waals surface area contributed by atoms with Gasteiger partial charge in [-0.3, -0.25) is 9.71 Å². The standard InChI is InChI=1S/C27H27N5O3S2/c1-18-8-6-9-19(16-18)31-15-7-11-23(31)26-25(21-10-4-5-14-28-21)29-27(36)32(26)20-12-13-24(35-2)22(17-20)30-37(3,33)34/h4-17,25-26,30H,1-3H3,(H,29,36)/t25-,26-/m0/s1. The fourth-order valence-electron chi connectivity index (χ4n) is 4.71. The van der Waals surface area contributed by atoms with Gasteiger partial charge in [0.2, 0.25) is 10.0 Å². The molecule has 1 fully saturated rings. The second-order valence-corrected chi connectivity index (χ2v) is 11.0. The number of aryl methyl sites for hydroxylation is 1. The van der Waals surface area contributed by atoms with E-state index in [0.29, 0.717) is 22.2 Å². The third-order valence-corrected chi connectivity index (χ3v) is 7.12. The number of nitrogens with zero attached hydrogens (tertiary/aromatic N) is 3. The van der Waals surface area contributed by atoms with E-state index in [1.807, 2.05) is 47.5 Å². The topological polar surface area (TPSA) is 88.5 Å². The highest BCUT2D eigenvalue weighted by molar-refractivity contribution is 7.92. The molecule has 4 aromatic rings. The van der Waals surface area contributed by atoms with Crippen LogP contribution in [0.25, 0.3) is 5.69 Å². The lowest BCUT2D eigenvalue weighted by Gasteiger charge is -2.29. The van der Waals surface area contributed by atoms with Crippen LogP contribution in [0.4, 0.5) is 11.4 Å². The van der Waals surface area contributed by atoms with Crippen LogP contribution in [0.5, 0.6) is 5.75 Å². The SMILES string of the molecule is COc1ccc(N2C(=S)N[C@@H](c3ccccn3)[C@@H]2c2cccn2-c2cccc(C)c2)cc1NS(C)(=O)=O. The molecule has 0 amide bonds. The molecular weight excluding hydrogens is 506 g/mol. The first-order valence-corrected chi connectivity index (χ1v) is 14.0. The Kier molecular flexibility index (Phi) is 6.61. The summed E-state index contributed by atoms with van der Waals surface area (Å²) in [6.07, 6.45) is 4.90. The number of rotatable bonds is 7. The van der Waals surface area contributed by atoms with E-state index in [-0.39, 0.29) is 12.1 Å². The predicted molar refractivity (Wildman–Crippen MR) is 150 cm³/mol. The highest BCUT2D eigenvalue weighted by Gasteiger charge is 2.42. The zero-order valence-corrected chi connectivity index (χ0v) is 22.3. The van der Waals surface area contributed by atoms with Crippen molar-refractivity contribution >= 4 is 38.7 Å². The average Bonchev–Trinajstić information content (AvgIpc) is 3.48. The van der Waals surface area contributed by atoms with Crippen molar-refractivity contribution in [2.45, 2.75) is 19.0 Å². The summed E-state index contributed by atoms with van der Waals surface area (Å²) in [5, 5.41) is 3.96. The Bertz CT molecular complexity index is 1550. The lowest BCUT2D eigenvalue weighted by molar-refractivity contribution is 0.417. The lowest BCUT2D eigenvalue weighted by atomic mass is 10.0. The van der Waals surface area contributed by atoms with E-state index in [1.54, 1.807) is 18.3 Å². The molecule has 0 spiro atoms. The van der Waals surface area contributed by atoms with E-state index in [4.69, 9.17) is 17.0 Å². The van der Waals surface area contributed by atoms with Crippen molar-refractivity contribution in [2.24, 2.45) is 0 Å². The molecule has 0 radical (unpaired) electrons. The van der Waals surface area contributed by atoms with Crippen LogP contribution in [-0.4, -0.2) is 36.4 Å². The first kappa shape index (κ1) is 24.8. The third kappa shape index (κ3) is 5.03. The molecule has 0 aliphatic carbocycles. The largest absolute Gasteiger partial charge is 0.495 e. The fraction of sp³-hybridized carbons (Fsp3) is 0.185. The van der Waals surface area contributed by atoms with Gasteiger partial charge >= 0.3 is 0 Å². The smallest absolute Gasteiger partial charge is 0.229 e. The highest BCUT2D eigenvalue weighted by Crippen LogP contribution is 2.43. The van der Waals surface area contributed by atoms with Crippen LogP contribution in [0.2, 0.25) is 0 Å². The monoisotopic (exact) mass is 533 g/mol. The Hall–Kier alpha value is -3.89. The number of aromatic nitrogens is 2. The number of sulfonamides is 1. The predicted octanol–water partition coefficient (Wildman–Crippen LogP) is 4.74. The quantitative estimate of drug-likeness (QED) is 0.332. The van der Waals surface area contributed by atoms with E-state index in [9.17, 15) is 8.42 Å². The van der Waals surface area contributed by atoms with Crippen molar-refractivity contribution in [2.75, 3.05) is 23.0 Å². The van der Waals surface area contributed by atoms with Crippen LogP contribution < -0.4 is 19.7 Å². The van der Waals surface area contributed by atoms with Crippen molar-refractivity contribution in [3.8, 4) is 11.4 Å². The van der Waals surface area contributed by atoms with Crippen molar-refractivity contribution in [1.29, 1.82) is 0 Å². The third-order valence-electron chi connectivity index (χ3n) is 6.22. The van der Waals surface area contributed by atoms with Crippen molar-refractivity contribution in [3.63, 3.8) is 0 Å².